The van der Waals surface area contributed by atoms with Crippen molar-refractivity contribution in [2.75, 3.05) is 5.32 Å². The molecule has 2 aromatic carbocycles. The van der Waals surface area contributed by atoms with E-state index in [1.165, 1.54) is 36.1 Å². The molecule has 3 rings (SSSR count). The van der Waals surface area contributed by atoms with Crippen molar-refractivity contribution in [2.24, 2.45) is 0 Å². The van der Waals surface area contributed by atoms with Gasteiger partial charge in [-0.3, -0.25) is 10.1 Å². The van der Waals surface area contributed by atoms with E-state index in [2.05, 4.69) is 23.5 Å². The summed E-state index contributed by atoms with van der Waals surface area (Å²) in [5.41, 5.74) is 4.78. The van der Waals surface area contributed by atoms with Crippen molar-refractivity contribution in [3.63, 3.8) is 0 Å². The minimum atomic E-state index is -0.441. The van der Waals surface area contributed by atoms with Crippen molar-refractivity contribution in [1.29, 1.82) is 0 Å². The van der Waals surface area contributed by atoms with Crippen LogP contribution >= 0.6 is 11.6 Å². The Bertz CT molecular complexity index is 701. The molecule has 2 aromatic rings. The predicted octanol–water partition coefficient (Wildman–Crippen LogP) is 4.35. The molecular formula is C16H15ClN2O2. The highest BCUT2D eigenvalue weighted by molar-refractivity contribution is 6.31. The summed E-state index contributed by atoms with van der Waals surface area (Å²) in [7, 11) is 0. The van der Waals surface area contributed by atoms with Crippen LogP contribution in [0.4, 0.5) is 11.4 Å². The van der Waals surface area contributed by atoms with Crippen molar-refractivity contribution in [3.05, 3.63) is 68.2 Å². The molecule has 0 aromatic heterocycles. The number of benzene rings is 2. The van der Waals surface area contributed by atoms with E-state index in [0.29, 0.717) is 11.6 Å². The molecule has 0 heterocycles. The van der Waals surface area contributed by atoms with Gasteiger partial charge in [-0.15, -0.1) is 0 Å². The largest absolute Gasteiger partial charge is 0.381 e. The van der Waals surface area contributed by atoms with Crippen LogP contribution in [0.5, 0.6) is 0 Å². The number of nitro benzene ring substituents is 1. The average molecular weight is 303 g/mol. The summed E-state index contributed by atoms with van der Waals surface area (Å²) in [4.78, 5) is 10.2. The molecule has 0 spiro atoms. The Kier molecular flexibility index (Phi) is 3.80. The molecule has 0 radical (unpaired) electrons. The highest BCUT2D eigenvalue weighted by atomic mass is 35.5. The smallest absolute Gasteiger partial charge is 0.270 e. The van der Waals surface area contributed by atoms with Gasteiger partial charge in [0, 0.05) is 24.4 Å². The third kappa shape index (κ3) is 3.00. The Morgan fingerprint density at radius 3 is 2.71 bits per heavy atom. The second-order valence-electron chi connectivity index (χ2n) is 5.22. The first-order valence-corrected chi connectivity index (χ1v) is 7.30. The van der Waals surface area contributed by atoms with E-state index in [9.17, 15) is 10.1 Å². The van der Waals surface area contributed by atoms with Crippen LogP contribution in [0.1, 0.15) is 23.1 Å². The van der Waals surface area contributed by atoms with Crippen LogP contribution in [-0.4, -0.2) is 4.92 Å². The molecule has 1 N–H and O–H groups in total. The van der Waals surface area contributed by atoms with Crippen LogP contribution in [-0.2, 0) is 19.4 Å². The van der Waals surface area contributed by atoms with E-state index in [1.807, 2.05) is 0 Å². The van der Waals surface area contributed by atoms with Gasteiger partial charge in [0.15, 0.2) is 0 Å². The molecule has 0 saturated carbocycles. The first-order chi connectivity index (χ1) is 10.1. The average Bonchev–Trinajstić information content (AvgIpc) is 2.93. The number of non-ortho nitro benzene ring substituents is 1. The molecule has 0 unspecified atom stereocenters. The monoisotopic (exact) mass is 302 g/mol. The number of nitrogens with one attached hydrogen (secondary N) is 1. The minimum Gasteiger partial charge on any atom is -0.381 e. The maximum Gasteiger partial charge on any atom is 0.270 e. The molecule has 21 heavy (non-hydrogen) atoms. The number of nitro groups is 1. The van der Waals surface area contributed by atoms with Crippen molar-refractivity contribution >= 4 is 23.0 Å². The lowest BCUT2D eigenvalue weighted by Crippen LogP contribution is -2.01. The van der Waals surface area contributed by atoms with E-state index >= 15 is 0 Å². The van der Waals surface area contributed by atoms with E-state index < -0.39 is 4.92 Å². The third-order valence-electron chi connectivity index (χ3n) is 3.83. The van der Waals surface area contributed by atoms with Gasteiger partial charge in [0.1, 0.15) is 0 Å². The Morgan fingerprint density at radius 2 is 1.95 bits per heavy atom. The second kappa shape index (κ2) is 5.74. The van der Waals surface area contributed by atoms with Crippen LogP contribution < -0.4 is 5.32 Å². The van der Waals surface area contributed by atoms with E-state index in [1.54, 1.807) is 6.07 Å². The number of halogens is 1. The minimum absolute atomic E-state index is 0.0151. The molecular weight excluding hydrogens is 288 g/mol. The maximum absolute atomic E-state index is 10.7. The van der Waals surface area contributed by atoms with E-state index in [4.69, 9.17) is 11.6 Å². The third-order valence-corrected chi connectivity index (χ3v) is 4.18. The van der Waals surface area contributed by atoms with Gasteiger partial charge in [0.25, 0.3) is 5.69 Å². The zero-order chi connectivity index (χ0) is 14.8. The number of aryl methyl sites for hydroxylation is 2. The van der Waals surface area contributed by atoms with Crippen molar-refractivity contribution < 1.29 is 4.92 Å². The summed E-state index contributed by atoms with van der Waals surface area (Å²) in [6, 6.07) is 11.0. The number of hydrogen-bond acceptors (Lipinski definition) is 3. The van der Waals surface area contributed by atoms with Gasteiger partial charge in [-0.25, -0.2) is 0 Å². The summed E-state index contributed by atoms with van der Waals surface area (Å²) >= 11 is 6.09. The normalized spacial score (nSPS) is 13.0. The first kappa shape index (κ1) is 13.9. The Balaban J connectivity index is 1.71. The molecule has 5 heteroatoms. The lowest BCUT2D eigenvalue weighted by Gasteiger charge is -2.10. The quantitative estimate of drug-likeness (QED) is 0.675. The van der Waals surface area contributed by atoms with Gasteiger partial charge in [-0.05, 0) is 54.2 Å². The van der Waals surface area contributed by atoms with Crippen molar-refractivity contribution in [1.82, 2.24) is 0 Å². The molecule has 1 aliphatic rings. The first-order valence-electron chi connectivity index (χ1n) is 6.92. The van der Waals surface area contributed by atoms with Gasteiger partial charge < -0.3 is 5.32 Å². The molecule has 0 bridgehead atoms. The van der Waals surface area contributed by atoms with Gasteiger partial charge >= 0.3 is 0 Å². The topological polar surface area (TPSA) is 55.2 Å². The molecule has 0 fully saturated rings. The van der Waals surface area contributed by atoms with Crippen LogP contribution in [0, 0.1) is 10.1 Å². The fraction of sp³-hybridized carbons (Fsp3) is 0.250. The van der Waals surface area contributed by atoms with E-state index in [-0.39, 0.29) is 5.69 Å². The lowest BCUT2D eigenvalue weighted by molar-refractivity contribution is -0.384. The Labute approximate surface area is 127 Å². The van der Waals surface area contributed by atoms with Crippen LogP contribution in [0.15, 0.2) is 36.4 Å². The highest BCUT2D eigenvalue weighted by Crippen LogP contribution is 2.26. The molecule has 1 aliphatic carbocycles. The number of hydrogen-bond donors (Lipinski definition) is 1. The van der Waals surface area contributed by atoms with Crippen LogP contribution in [0.2, 0.25) is 5.02 Å². The fourth-order valence-electron chi connectivity index (χ4n) is 2.67. The Hall–Kier alpha value is -2.07. The highest BCUT2D eigenvalue weighted by Gasteiger charge is 2.12. The van der Waals surface area contributed by atoms with Gasteiger partial charge in [-0.1, -0.05) is 17.7 Å². The number of fused-ring (bicyclic) bond motifs is 1. The Morgan fingerprint density at radius 1 is 1.14 bits per heavy atom. The van der Waals surface area contributed by atoms with Gasteiger partial charge in [0.05, 0.1) is 9.95 Å². The second-order valence-corrected chi connectivity index (χ2v) is 5.63. The summed E-state index contributed by atoms with van der Waals surface area (Å²) in [6.45, 7) is 0.551. The lowest BCUT2D eigenvalue weighted by atomic mass is 10.1. The van der Waals surface area contributed by atoms with Crippen LogP contribution in [0.3, 0.4) is 0 Å². The molecule has 108 valence electrons. The zero-order valence-corrected chi connectivity index (χ0v) is 12.2. The number of rotatable bonds is 4. The molecule has 0 amide bonds. The number of nitrogens with zero attached hydrogens (tertiary/aromatic N) is 1. The molecule has 4 nitrogen and oxygen atoms in total. The molecule has 0 aliphatic heterocycles. The SMILES string of the molecule is O=[N+]([O-])c1ccc(CNc2ccc3c(c2)CCC3)c(Cl)c1. The molecule has 0 saturated heterocycles. The van der Waals surface area contributed by atoms with Gasteiger partial charge in [-0.2, -0.15) is 0 Å². The summed E-state index contributed by atoms with van der Waals surface area (Å²) in [6.07, 6.45) is 3.54. The predicted molar refractivity (Wildman–Crippen MR) is 83.9 cm³/mol. The fourth-order valence-corrected chi connectivity index (χ4v) is 2.91. The summed E-state index contributed by atoms with van der Waals surface area (Å²) in [5, 5.41) is 14.4. The summed E-state index contributed by atoms with van der Waals surface area (Å²) in [5.74, 6) is 0. The molecule has 0 atom stereocenters. The summed E-state index contributed by atoms with van der Waals surface area (Å²) < 4.78 is 0. The van der Waals surface area contributed by atoms with Gasteiger partial charge in [0.2, 0.25) is 0 Å². The van der Waals surface area contributed by atoms with Crippen molar-refractivity contribution in [2.45, 2.75) is 25.8 Å². The maximum atomic E-state index is 10.7. The van der Waals surface area contributed by atoms with Crippen molar-refractivity contribution in [3.8, 4) is 0 Å². The van der Waals surface area contributed by atoms with E-state index in [0.717, 1.165) is 17.7 Å². The zero-order valence-electron chi connectivity index (χ0n) is 11.4. The number of anilines is 1. The standard InChI is InChI=1S/C16H15ClN2O2/c17-16-9-15(19(20)21)7-5-13(16)10-18-14-6-4-11-2-1-3-12(11)8-14/h4-9,18H,1-3,10H2. The van der Waals surface area contributed by atoms with Crippen LogP contribution in [0.25, 0.3) is 0 Å².